The van der Waals surface area contributed by atoms with Gasteiger partial charge in [0.2, 0.25) is 6.04 Å². The molecule has 1 aromatic carbocycles. The van der Waals surface area contributed by atoms with Crippen LogP contribution in [-0.2, 0) is 14.9 Å². The van der Waals surface area contributed by atoms with E-state index in [1.54, 1.807) is 0 Å². The Hall–Kier alpha value is -1.95. The highest BCUT2D eigenvalue weighted by molar-refractivity contribution is 5.76. The lowest BCUT2D eigenvalue weighted by molar-refractivity contribution is -0.553. The summed E-state index contributed by atoms with van der Waals surface area (Å²) in [4.78, 5) is 25.6. The fourth-order valence-electron chi connectivity index (χ4n) is 4.49. The van der Waals surface area contributed by atoms with Gasteiger partial charge in [-0.15, -0.1) is 0 Å². The van der Waals surface area contributed by atoms with E-state index >= 15 is 0 Å². The van der Waals surface area contributed by atoms with Crippen molar-refractivity contribution < 1.29 is 14.5 Å². The van der Waals surface area contributed by atoms with Crippen LogP contribution in [-0.4, -0.2) is 47.6 Å². The van der Waals surface area contributed by atoms with E-state index in [0.717, 1.165) is 18.4 Å². The molecule has 4 unspecified atom stereocenters. The minimum atomic E-state index is -0.638. The summed E-state index contributed by atoms with van der Waals surface area (Å²) in [6.45, 7) is 2.78. The lowest BCUT2D eigenvalue weighted by Gasteiger charge is -2.55. The molecule has 1 saturated heterocycles. The number of likely N-dealkylation sites (tertiary alicyclic amines) is 1. The van der Waals surface area contributed by atoms with E-state index in [1.165, 1.54) is 7.11 Å². The molecule has 0 radical (unpaired) electrons. The van der Waals surface area contributed by atoms with Crippen LogP contribution in [0.4, 0.5) is 0 Å². The monoisotopic (exact) mass is 332 g/mol. The maximum atomic E-state index is 12.2. The Morgan fingerprint density at radius 2 is 2.04 bits per heavy atom. The summed E-state index contributed by atoms with van der Waals surface area (Å²) >= 11 is 0. The highest BCUT2D eigenvalue weighted by atomic mass is 16.6. The Morgan fingerprint density at radius 3 is 2.67 bits per heavy atom. The Balaban J connectivity index is 1.96. The van der Waals surface area contributed by atoms with Crippen molar-refractivity contribution in [1.29, 1.82) is 0 Å². The summed E-state index contributed by atoms with van der Waals surface area (Å²) in [7, 11) is 1.39. The maximum Gasteiger partial charge on any atom is 0.323 e. The largest absolute Gasteiger partial charge is 0.468 e. The van der Waals surface area contributed by atoms with E-state index in [4.69, 9.17) is 4.74 Å². The molecule has 0 bridgehead atoms. The number of hydrogen-bond donors (Lipinski definition) is 0. The molecule has 0 N–H and O–H groups in total. The Morgan fingerprint density at radius 1 is 1.33 bits per heavy atom. The van der Waals surface area contributed by atoms with Gasteiger partial charge in [-0.2, -0.15) is 0 Å². The van der Waals surface area contributed by atoms with Crippen LogP contribution in [0.25, 0.3) is 0 Å². The normalized spacial score (nSPS) is 33.5. The van der Waals surface area contributed by atoms with Crippen LogP contribution >= 0.6 is 0 Å². The minimum Gasteiger partial charge on any atom is -0.468 e. The molecule has 2 aliphatic rings. The Labute approximate surface area is 141 Å². The molecule has 1 aliphatic heterocycles. The second-order valence-corrected chi connectivity index (χ2v) is 7.06. The topological polar surface area (TPSA) is 72.7 Å². The van der Waals surface area contributed by atoms with Crippen molar-refractivity contribution in [3.8, 4) is 0 Å². The molecule has 4 atom stereocenters. The number of esters is 1. The second-order valence-electron chi connectivity index (χ2n) is 7.06. The third kappa shape index (κ3) is 2.69. The molecule has 1 saturated carbocycles. The quantitative estimate of drug-likeness (QED) is 0.481. The first-order valence-electron chi connectivity index (χ1n) is 8.51. The van der Waals surface area contributed by atoms with E-state index in [9.17, 15) is 14.9 Å². The van der Waals surface area contributed by atoms with Gasteiger partial charge in [0.05, 0.1) is 13.2 Å². The van der Waals surface area contributed by atoms with Gasteiger partial charge in [-0.25, -0.2) is 0 Å². The Kier molecular flexibility index (Phi) is 4.58. The number of nitro groups is 1. The van der Waals surface area contributed by atoms with Gasteiger partial charge in [-0.1, -0.05) is 43.7 Å². The highest BCUT2D eigenvalue weighted by Gasteiger charge is 2.62. The maximum absolute atomic E-state index is 12.2. The number of rotatable bonds is 4. The summed E-state index contributed by atoms with van der Waals surface area (Å²) in [5, 5.41) is 11.6. The molecule has 1 aliphatic carbocycles. The van der Waals surface area contributed by atoms with E-state index < -0.39 is 6.04 Å². The van der Waals surface area contributed by atoms with Gasteiger partial charge >= 0.3 is 5.97 Å². The SMILES string of the molecule is COC(=O)C1CCCCN1C1C([N+](=O)[O-])CC1(C)c1ccccc1. The summed E-state index contributed by atoms with van der Waals surface area (Å²) < 4.78 is 4.96. The predicted molar refractivity (Wildman–Crippen MR) is 89.3 cm³/mol. The zero-order valence-electron chi connectivity index (χ0n) is 14.2. The lowest BCUT2D eigenvalue weighted by Crippen LogP contribution is -2.71. The van der Waals surface area contributed by atoms with Crippen LogP contribution in [0.2, 0.25) is 0 Å². The first-order chi connectivity index (χ1) is 11.5. The average molecular weight is 332 g/mol. The van der Waals surface area contributed by atoms with Gasteiger partial charge in [0.1, 0.15) is 6.04 Å². The average Bonchev–Trinajstić information content (AvgIpc) is 2.59. The first-order valence-corrected chi connectivity index (χ1v) is 8.51. The molecule has 130 valence electrons. The van der Waals surface area contributed by atoms with Crippen LogP contribution < -0.4 is 0 Å². The van der Waals surface area contributed by atoms with Crippen molar-refractivity contribution in [1.82, 2.24) is 4.90 Å². The number of hydrogen-bond acceptors (Lipinski definition) is 5. The van der Waals surface area contributed by atoms with Crippen LogP contribution in [0.3, 0.4) is 0 Å². The van der Waals surface area contributed by atoms with Gasteiger partial charge in [0, 0.05) is 16.8 Å². The molecular formula is C18H24N2O4. The fraction of sp³-hybridized carbons (Fsp3) is 0.611. The molecule has 6 heteroatoms. The summed E-state index contributed by atoms with van der Waals surface area (Å²) in [6.07, 6.45) is 3.12. The number of ether oxygens (including phenoxy) is 1. The molecule has 24 heavy (non-hydrogen) atoms. The fourth-order valence-corrected chi connectivity index (χ4v) is 4.49. The first kappa shape index (κ1) is 16.9. The van der Waals surface area contributed by atoms with Crippen molar-refractivity contribution >= 4 is 5.97 Å². The molecule has 0 amide bonds. The standard InChI is InChI=1S/C18H24N2O4/c1-18(13-8-4-3-5-9-13)12-15(20(22)23)16(18)19-11-7-6-10-14(19)17(21)24-2/h3-5,8-9,14-16H,6-7,10-12H2,1-2H3. The third-order valence-electron chi connectivity index (χ3n) is 5.73. The van der Waals surface area contributed by atoms with Gasteiger partial charge in [0.15, 0.2) is 0 Å². The number of carbonyl (C=O) groups excluding carboxylic acids is 1. The number of benzene rings is 1. The van der Waals surface area contributed by atoms with Crippen molar-refractivity contribution in [3.05, 3.63) is 46.0 Å². The molecule has 6 nitrogen and oxygen atoms in total. The van der Waals surface area contributed by atoms with Crippen molar-refractivity contribution in [3.63, 3.8) is 0 Å². The van der Waals surface area contributed by atoms with Crippen molar-refractivity contribution in [2.75, 3.05) is 13.7 Å². The van der Waals surface area contributed by atoms with Gasteiger partial charge in [-0.05, 0) is 24.9 Å². The predicted octanol–water partition coefficient (Wildman–Crippen LogP) is 2.39. The van der Waals surface area contributed by atoms with Crippen LogP contribution in [0, 0.1) is 10.1 Å². The number of carbonyl (C=O) groups is 1. The van der Waals surface area contributed by atoms with Crippen molar-refractivity contribution in [2.24, 2.45) is 0 Å². The zero-order valence-corrected chi connectivity index (χ0v) is 14.2. The molecule has 0 spiro atoms. The zero-order chi connectivity index (χ0) is 17.3. The van der Waals surface area contributed by atoms with Crippen LogP contribution in [0.5, 0.6) is 0 Å². The van der Waals surface area contributed by atoms with E-state index in [0.29, 0.717) is 19.4 Å². The molecule has 1 heterocycles. The second kappa shape index (κ2) is 6.51. The van der Waals surface area contributed by atoms with Crippen LogP contribution in [0.1, 0.15) is 38.2 Å². The van der Waals surface area contributed by atoms with E-state index in [-0.39, 0.29) is 28.4 Å². The summed E-state index contributed by atoms with van der Waals surface area (Å²) in [6, 6.07) is 8.64. The lowest BCUT2D eigenvalue weighted by atomic mass is 9.57. The third-order valence-corrected chi connectivity index (χ3v) is 5.73. The minimum absolute atomic E-state index is 0.182. The molecule has 3 rings (SSSR count). The van der Waals surface area contributed by atoms with Gasteiger partial charge < -0.3 is 4.74 Å². The van der Waals surface area contributed by atoms with E-state index in [2.05, 4.69) is 6.92 Å². The molecule has 2 fully saturated rings. The molecular weight excluding hydrogens is 308 g/mol. The molecule has 1 aromatic rings. The van der Waals surface area contributed by atoms with Crippen LogP contribution in [0.15, 0.2) is 30.3 Å². The van der Waals surface area contributed by atoms with Crippen molar-refractivity contribution in [2.45, 2.75) is 56.1 Å². The highest BCUT2D eigenvalue weighted by Crippen LogP contribution is 2.49. The summed E-state index contributed by atoms with van der Waals surface area (Å²) in [5.41, 5.74) is 0.782. The van der Waals surface area contributed by atoms with Gasteiger partial charge in [0.25, 0.3) is 0 Å². The smallest absolute Gasteiger partial charge is 0.323 e. The molecule has 0 aromatic heterocycles. The number of methoxy groups -OCH3 is 1. The Bertz CT molecular complexity index is 621. The number of piperidine rings is 1. The van der Waals surface area contributed by atoms with E-state index in [1.807, 2.05) is 35.2 Å². The number of nitrogens with zero attached hydrogens (tertiary/aromatic N) is 2. The summed E-state index contributed by atoms with van der Waals surface area (Å²) in [5.74, 6) is -0.279. The van der Waals surface area contributed by atoms with Gasteiger partial charge in [-0.3, -0.25) is 19.8 Å².